The summed E-state index contributed by atoms with van der Waals surface area (Å²) in [5.41, 5.74) is 3.98. The van der Waals surface area contributed by atoms with Crippen molar-refractivity contribution < 1.29 is 33.4 Å². The Morgan fingerprint density at radius 2 is 1.62 bits per heavy atom. The Labute approximate surface area is 304 Å². The van der Waals surface area contributed by atoms with Crippen LogP contribution in [-0.2, 0) is 31.1 Å². The minimum absolute atomic E-state index is 0.0857. The molecule has 0 radical (unpaired) electrons. The highest BCUT2D eigenvalue weighted by Crippen LogP contribution is 2.65. The molecule has 3 fully saturated rings. The summed E-state index contributed by atoms with van der Waals surface area (Å²) >= 11 is 6.36. The van der Waals surface area contributed by atoms with Gasteiger partial charge in [-0.25, -0.2) is 4.39 Å². The zero-order valence-electron chi connectivity index (χ0n) is 28.2. The number of imide groups is 2. The molecule has 264 valence electrons. The highest BCUT2D eigenvalue weighted by molar-refractivity contribution is 6.30. The summed E-state index contributed by atoms with van der Waals surface area (Å²) < 4.78 is 19.7. The third-order valence-electron chi connectivity index (χ3n) is 11.2. The molecule has 2 aliphatic carbocycles. The highest BCUT2D eigenvalue weighted by Gasteiger charge is 2.70. The number of phenolic OH excluding ortho intramolecular Hbond substituents is 1. The molecule has 0 aromatic heterocycles. The van der Waals surface area contributed by atoms with Gasteiger partial charge in [-0.2, -0.15) is 5.01 Å². The molecule has 2 N–H and O–H groups in total. The molecule has 1 saturated carbocycles. The number of ether oxygens (including phenoxy) is 1. The fourth-order valence-electron chi connectivity index (χ4n) is 9.03. The van der Waals surface area contributed by atoms with Crippen molar-refractivity contribution in [3.05, 3.63) is 136 Å². The van der Waals surface area contributed by atoms with Gasteiger partial charge in [0.25, 0.3) is 11.8 Å². The van der Waals surface area contributed by atoms with Crippen molar-refractivity contribution in [2.45, 2.75) is 37.6 Å². The number of carbonyl (C=O) groups is 4. The number of nitrogens with one attached hydrogen (secondary N) is 1. The van der Waals surface area contributed by atoms with Gasteiger partial charge in [0.1, 0.15) is 5.82 Å². The van der Waals surface area contributed by atoms with E-state index >= 15 is 4.79 Å². The molecular formula is C41H35ClFN3O6. The Bertz CT molecular complexity index is 2120. The van der Waals surface area contributed by atoms with Crippen LogP contribution in [-0.4, -0.2) is 45.3 Å². The molecule has 4 aromatic rings. The largest absolute Gasteiger partial charge is 0.504 e. The number of rotatable bonds is 8. The molecule has 8 rings (SSSR count). The van der Waals surface area contributed by atoms with Crippen LogP contribution in [0.25, 0.3) is 0 Å². The predicted molar refractivity (Wildman–Crippen MR) is 190 cm³/mol. The molecule has 0 unspecified atom stereocenters. The lowest BCUT2D eigenvalue weighted by atomic mass is 9.49. The van der Waals surface area contributed by atoms with E-state index in [1.807, 2.05) is 36.4 Å². The van der Waals surface area contributed by atoms with Crippen molar-refractivity contribution in [3.63, 3.8) is 0 Å². The molecule has 4 amide bonds. The third-order valence-corrected chi connectivity index (χ3v) is 11.4. The molecule has 2 aliphatic heterocycles. The summed E-state index contributed by atoms with van der Waals surface area (Å²) in [5, 5.41) is 13.3. The Morgan fingerprint density at radius 3 is 2.33 bits per heavy atom. The Kier molecular flexibility index (Phi) is 8.37. The fourth-order valence-corrected chi connectivity index (χ4v) is 9.16. The second-order valence-electron chi connectivity index (χ2n) is 13.7. The van der Waals surface area contributed by atoms with Gasteiger partial charge in [-0.15, -0.1) is 0 Å². The number of likely N-dealkylation sites (tertiary alicyclic amines) is 1. The van der Waals surface area contributed by atoms with E-state index in [1.54, 1.807) is 49.4 Å². The van der Waals surface area contributed by atoms with Crippen LogP contribution in [0.2, 0.25) is 5.02 Å². The minimum atomic E-state index is -1.62. The maximum absolute atomic E-state index is 15.3. The number of hydrogen-bond donors (Lipinski definition) is 2. The van der Waals surface area contributed by atoms with Gasteiger partial charge in [-0.1, -0.05) is 77.8 Å². The first-order chi connectivity index (χ1) is 25.1. The number of phenols is 1. The van der Waals surface area contributed by atoms with Crippen molar-refractivity contribution in [2.75, 3.05) is 12.0 Å². The number of anilines is 1. The summed E-state index contributed by atoms with van der Waals surface area (Å²) in [5.74, 6) is -6.20. The number of aromatic hydroxyl groups is 1. The number of carbonyl (C=O) groups excluding carboxylic acids is 4. The van der Waals surface area contributed by atoms with E-state index < -0.39 is 52.6 Å². The van der Waals surface area contributed by atoms with Gasteiger partial charge >= 0.3 is 0 Å². The normalized spacial score (nSPS) is 26.5. The summed E-state index contributed by atoms with van der Waals surface area (Å²) in [6, 6.07) is 26.4. The Morgan fingerprint density at radius 1 is 0.885 bits per heavy atom. The molecule has 6 atom stereocenters. The van der Waals surface area contributed by atoms with Gasteiger partial charge in [-0.05, 0) is 79.3 Å². The van der Waals surface area contributed by atoms with Crippen LogP contribution >= 0.6 is 11.6 Å². The van der Waals surface area contributed by atoms with E-state index in [9.17, 15) is 23.9 Å². The van der Waals surface area contributed by atoms with Crippen LogP contribution in [0.4, 0.5) is 10.1 Å². The van der Waals surface area contributed by atoms with Crippen LogP contribution in [0.1, 0.15) is 42.4 Å². The summed E-state index contributed by atoms with van der Waals surface area (Å²) in [6.45, 7) is 2.18. The van der Waals surface area contributed by atoms with Crippen molar-refractivity contribution in [1.29, 1.82) is 0 Å². The van der Waals surface area contributed by atoms with Crippen molar-refractivity contribution in [1.82, 2.24) is 9.91 Å². The molecule has 0 bridgehead atoms. The van der Waals surface area contributed by atoms with Gasteiger partial charge in [0, 0.05) is 16.5 Å². The first-order valence-corrected chi connectivity index (χ1v) is 17.7. The van der Waals surface area contributed by atoms with E-state index in [1.165, 1.54) is 29.2 Å². The molecule has 2 saturated heterocycles. The van der Waals surface area contributed by atoms with E-state index in [0.29, 0.717) is 27.4 Å². The number of halogens is 2. The van der Waals surface area contributed by atoms with Crippen molar-refractivity contribution >= 4 is 40.9 Å². The average molecular weight is 720 g/mol. The maximum Gasteiger partial charge on any atom is 0.260 e. The number of fused-ring (bicyclic) bond motifs is 4. The third kappa shape index (κ3) is 5.10. The predicted octanol–water partition coefficient (Wildman–Crippen LogP) is 6.77. The minimum Gasteiger partial charge on any atom is -0.504 e. The fraction of sp³-hybridized carbons (Fsp3) is 0.268. The molecule has 11 heteroatoms. The van der Waals surface area contributed by atoms with E-state index in [2.05, 4.69) is 5.43 Å². The summed E-state index contributed by atoms with van der Waals surface area (Å²) in [7, 11) is 0. The summed E-state index contributed by atoms with van der Waals surface area (Å²) in [4.78, 5) is 59.7. The quantitative estimate of drug-likeness (QED) is 0.153. The number of benzene rings is 4. The monoisotopic (exact) mass is 719 g/mol. The van der Waals surface area contributed by atoms with E-state index in [-0.39, 0.29) is 49.3 Å². The first kappa shape index (κ1) is 33.7. The number of hydrogen-bond acceptors (Lipinski definition) is 7. The SMILES string of the molecule is CCOc1cccc([C@H]2C3=CC[C@@H]4C(=O)N(Cc5ccccc5)C(=O)[C@@H]4[C@@H]3C[C@H]3C(=O)N(Nc4ccc(F)cc4)C(=O)[C@@]23c2ccc(Cl)cc2)c1O. The lowest BCUT2D eigenvalue weighted by molar-refractivity contribution is -0.142. The Hall–Kier alpha value is -5.48. The summed E-state index contributed by atoms with van der Waals surface area (Å²) in [6.07, 6.45) is 2.26. The molecule has 4 aromatic carbocycles. The Balaban J connectivity index is 1.32. The van der Waals surface area contributed by atoms with Crippen molar-refractivity contribution in [2.24, 2.45) is 23.7 Å². The van der Waals surface area contributed by atoms with Gasteiger partial charge in [0.05, 0.1) is 42.0 Å². The number of allylic oxidation sites excluding steroid dienone is 2. The molecule has 9 nitrogen and oxygen atoms in total. The molecule has 2 heterocycles. The van der Waals surface area contributed by atoms with Gasteiger partial charge < -0.3 is 9.84 Å². The van der Waals surface area contributed by atoms with E-state index in [0.717, 1.165) is 10.6 Å². The molecular weight excluding hydrogens is 685 g/mol. The topological polar surface area (TPSA) is 116 Å². The van der Waals surface area contributed by atoms with Crippen molar-refractivity contribution in [3.8, 4) is 11.5 Å². The number of nitrogens with zero attached hydrogens (tertiary/aromatic N) is 2. The standard InChI is InChI=1S/C41H35ClFN3O6/c1-2-52-33-10-6-9-30(36(33)47)35-28-19-20-29-34(39(50)45(37(29)48)22-23-7-4-3-5-8-23)31(28)21-32-38(49)46(44-27-17-15-26(43)16-18-27)40(51)41(32,35)24-11-13-25(42)14-12-24/h3-19,29,31-32,34-35,44,47H,2,20-22H2,1H3/t29-,31+,32-,34-,35+,41+/m0/s1. The van der Waals surface area contributed by atoms with Crippen LogP contribution < -0.4 is 10.2 Å². The second kappa shape index (κ2) is 12.9. The van der Waals surface area contributed by atoms with Crippen LogP contribution in [0, 0.1) is 29.5 Å². The number of amides is 4. The lowest BCUT2D eigenvalue weighted by Crippen LogP contribution is -2.53. The molecule has 52 heavy (non-hydrogen) atoms. The lowest BCUT2D eigenvalue weighted by Gasteiger charge is -2.50. The van der Waals surface area contributed by atoms with Gasteiger partial charge in [-0.3, -0.25) is 29.5 Å². The number of hydrazine groups is 1. The average Bonchev–Trinajstić information content (AvgIpc) is 3.51. The zero-order valence-corrected chi connectivity index (χ0v) is 28.9. The highest BCUT2D eigenvalue weighted by atomic mass is 35.5. The smallest absolute Gasteiger partial charge is 0.260 e. The van der Waals surface area contributed by atoms with Crippen LogP contribution in [0.5, 0.6) is 11.5 Å². The van der Waals surface area contributed by atoms with E-state index in [4.69, 9.17) is 16.3 Å². The maximum atomic E-state index is 15.3. The second-order valence-corrected chi connectivity index (χ2v) is 14.2. The van der Waals surface area contributed by atoms with Gasteiger partial charge in [0.2, 0.25) is 11.8 Å². The number of para-hydroxylation sites is 1. The van der Waals surface area contributed by atoms with Crippen LogP contribution in [0.15, 0.2) is 109 Å². The first-order valence-electron chi connectivity index (χ1n) is 17.4. The molecule has 4 aliphatic rings. The zero-order chi connectivity index (χ0) is 36.3. The van der Waals surface area contributed by atoms with Gasteiger partial charge in [0.15, 0.2) is 11.5 Å². The molecule has 0 spiro atoms. The van der Waals surface area contributed by atoms with Crippen LogP contribution in [0.3, 0.4) is 0 Å².